The molecule has 5 atom stereocenters. The Balaban J connectivity index is 2.58. The lowest BCUT2D eigenvalue weighted by Gasteiger charge is -2.17. The van der Waals surface area contributed by atoms with Gasteiger partial charge in [-0.1, -0.05) is 0 Å². The molecule has 1 aliphatic rings. The predicted octanol–water partition coefficient (Wildman–Crippen LogP) is -0.563. The van der Waals surface area contributed by atoms with Gasteiger partial charge in [0.15, 0.2) is 0 Å². The Bertz CT molecular complexity index is 154. The van der Waals surface area contributed by atoms with Gasteiger partial charge in [0.1, 0.15) is 18.3 Å². The molecule has 1 aliphatic heterocycles. The van der Waals surface area contributed by atoms with Crippen LogP contribution in [0.25, 0.3) is 0 Å². The van der Waals surface area contributed by atoms with Crippen LogP contribution in [0, 0.1) is 0 Å². The monoisotopic (exact) mass is 180 g/mol. The highest BCUT2D eigenvalue weighted by Gasteiger charge is 2.44. The summed E-state index contributed by atoms with van der Waals surface area (Å²) in [5.74, 6) is 0. The Kier molecular flexibility index (Phi) is 3.00. The minimum atomic E-state index is -1.69. The van der Waals surface area contributed by atoms with Crippen LogP contribution in [0.5, 0.6) is 0 Å². The van der Waals surface area contributed by atoms with Crippen molar-refractivity contribution in [3.05, 3.63) is 0 Å². The molecule has 0 amide bonds. The first-order valence-electron chi connectivity index (χ1n) is 3.76. The third-order valence-electron chi connectivity index (χ3n) is 2.02. The predicted molar refractivity (Wildman–Crippen MR) is 38.3 cm³/mol. The highest BCUT2D eigenvalue weighted by atomic mass is 19.1. The Hall–Kier alpha value is -0.230. The molecule has 0 aromatic carbocycles. The summed E-state index contributed by atoms with van der Waals surface area (Å²) in [5.41, 5.74) is 0. The number of aliphatic hydroxyl groups excluding tert-OH is 2. The minimum absolute atomic E-state index is 0.557. The third-order valence-corrected chi connectivity index (χ3v) is 2.02. The molecule has 72 valence electrons. The van der Waals surface area contributed by atoms with Crippen LogP contribution in [-0.2, 0) is 9.47 Å². The zero-order chi connectivity index (χ0) is 9.30. The van der Waals surface area contributed by atoms with Crippen molar-refractivity contribution in [2.45, 2.75) is 37.7 Å². The third kappa shape index (κ3) is 1.59. The van der Waals surface area contributed by atoms with Crippen molar-refractivity contribution in [1.29, 1.82) is 0 Å². The van der Waals surface area contributed by atoms with E-state index in [-0.39, 0.29) is 0 Å². The van der Waals surface area contributed by atoms with Crippen LogP contribution < -0.4 is 0 Å². The van der Waals surface area contributed by atoms with Gasteiger partial charge in [0.2, 0.25) is 6.36 Å². The summed E-state index contributed by atoms with van der Waals surface area (Å²) in [5, 5.41) is 18.4. The number of halogens is 1. The molecular weight excluding hydrogens is 167 g/mol. The first-order chi connectivity index (χ1) is 5.57. The standard InChI is InChI=1S/C7H13FO4/c1-3-4(9)5(10)6(12-3)7(8)11-2/h3-7,9-10H,1-2H3/t3-,4?,5?,6-,7?/m0/s1. The van der Waals surface area contributed by atoms with E-state index in [1.807, 2.05) is 0 Å². The van der Waals surface area contributed by atoms with Crippen molar-refractivity contribution in [3.8, 4) is 0 Å². The molecule has 1 rings (SSSR count). The summed E-state index contributed by atoms with van der Waals surface area (Å²) < 4.78 is 22.1. The van der Waals surface area contributed by atoms with Crippen LogP contribution in [0.2, 0.25) is 0 Å². The maximum Gasteiger partial charge on any atom is 0.227 e. The Morgan fingerprint density at radius 3 is 2.33 bits per heavy atom. The molecule has 1 fully saturated rings. The van der Waals surface area contributed by atoms with Gasteiger partial charge in [-0.15, -0.1) is 0 Å². The lowest BCUT2D eigenvalue weighted by Crippen LogP contribution is -2.37. The summed E-state index contributed by atoms with van der Waals surface area (Å²) in [4.78, 5) is 0. The second-order valence-electron chi connectivity index (χ2n) is 2.87. The van der Waals surface area contributed by atoms with E-state index in [2.05, 4.69) is 4.74 Å². The minimum Gasteiger partial charge on any atom is -0.388 e. The van der Waals surface area contributed by atoms with Gasteiger partial charge >= 0.3 is 0 Å². The Morgan fingerprint density at radius 1 is 1.42 bits per heavy atom. The number of rotatable bonds is 2. The molecule has 0 aliphatic carbocycles. The molecule has 0 spiro atoms. The Labute approximate surface area is 69.9 Å². The van der Waals surface area contributed by atoms with Crippen molar-refractivity contribution >= 4 is 0 Å². The van der Waals surface area contributed by atoms with Crippen LogP contribution in [0.15, 0.2) is 0 Å². The van der Waals surface area contributed by atoms with Crippen LogP contribution in [0.4, 0.5) is 4.39 Å². The normalized spacial score (nSPS) is 44.8. The fourth-order valence-corrected chi connectivity index (χ4v) is 1.23. The molecule has 0 bridgehead atoms. The van der Waals surface area contributed by atoms with E-state index in [0.29, 0.717) is 0 Å². The zero-order valence-corrected chi connectivity index (χ0v) is 6.98. The van der Waals surface area contributed by atoms with Gasteiger partial charge < -0.3 is 19.7 Å². The van der Waals surface area contributed by atoms with Crippen molar-refractivity contribution in [1.82, 2.24) is 0 Å². The van der Waals surface area contributed by atoms with Gasteiger partial charge in [-0.2, -0.15) is 0 Å². The summed E-state index contributed by atoms with van der Waals surface area (Å²) in [6, 6.07) is 0. The van der Waals surface area contributed by atoms with E-state index < -0.39 is 30.8 Å². The molecule has 4 nitrogen and oxygen atoms in total. The van der Waals surface area contributed by atoms with E-state index in [1.165, 1.54) is 7.11 Å². The summed E-state index contributed by atoms with van der Waals surface area (Å²) in [6.07, 6.45) is -5.59. The van der Waals surface area contributed by atoms with Gasteiger partial charge in [-0.3, -0.25) is 0 Å². The van der Waals surface area contributed by atoms with Crippen molar-refractivity contribution in [2.24, 2.45) is 0 Å². The summed E-state index contributed by atoms with van der Waals surface area (Å²) >= 11 is 0. The highest BCUT2D eigenvalue weighted by Crippen LogP contribution is 2.24. The fraction of sp³-hybridized carbons (Fsp3) is 1.00. The van der Waals surface area contributed by atoms with Crippen LogP contribution in [-0.4, -0.2) is 48.1 Å². The topological polar surface area (TPSA) is 58.9 Å². The molecule has 1 heterocycles. The molecule has 12 heavy (non-hydrogen) atoms. The average molecular weight is 180 g/mol. The summed E-state index contributed by atoms with van der Waals surface area (Å²) in [6.45, 7) is 1.57. The maximum atomic E-state index is 12.8. The van der Waals surface area contributed by atoms with E-state index in [4.69, 9.17) is 4.74 Å². The lowest BCUT2D eigenvalue weighted by atomic mass is 10.1. The Morgan fingerprint density at radius 2 is 2.00 bits per heavy atom. The van der Waals surface area contributed by atoms with Gasteiger partial charge in [0.25, 0.3) is 0 Å². The van der Waals surface area contributed by atoms with E-state index in [9.17, 15) is 14.6 Å². The van der Waals surface area contributed by atoms with Gasteiger partial charge in [-0.25, -0.2) is 4.39 Å². The second kappa shape index (κ2) is 3.66. The zero-order valence-electron chi connectivity index (χ0n) is 6.98. The van der Waals surface area contributed by atoms with E-state index in [0.717, 1.165) is 0 Å². The molecule has 5 heteroatoms. The molecule has 0 saturated carbocycles. The molecule has 0 aromatic rings. The molecule has 0 aromatic heterocycles. The van der Waals surface area contributed by atoms with Crippen LogP contribution in [0.1, 0.15) is 6.92 Å². The van der Waals surface area contributed by atoms with Crippen molar-refractivity contribution < 1.29 is 24.1 Å². The van der Waals surface area contributed by atoms with Gasteiger partial charge in [-0.05, 0) is 6.92 Å². The van der Waals surface area contributed by atoms with Crippen LogP contribution >= 0.6 is 0 Å². The largest absolute Gasteiger partial charge is 0.388 e. The summed E-state index contributed by atoms with van der Waals surface area (Å²) in [7, 11) is 1.18. The maximum absolute atomic E-state index is 12.8. The number of aliphatic hydroxyl groups is 2. The number of alkyl halides is 1. The van der Waals surface area contributed by atoms with E-state index >= 15 is 0 Å². The number of methoxy groups -OCH3 is 1. The molecule has 3 unspecified atom stereocenters. The van der Waals surface area contributed by atoms with Crippen molar-refractivity contribution in [3.63, 3.8) is 0 Å². The second-order valence-corrected chi connectivity index (χ2v) is 2.87. The molecular formula is C7H13FO4. The lowest BCUT2D eigenvalue weighted by molar-refractivity contribution is -0.134. The first kappa shape index (κ1) is 9.85. The first-order valence-corrected chi connectivity index (χ1v) is 3.76. The molecule has 0 radical (unpaired) electrons. The number of hydrogen-bond acceptors (Lipinski definition) is 4. The van der Waals surface area contributed by atoms with Gasteiger partial charge in [0, 0.05) is 7.11 Å². The van der Waals surface area contributed by atoms with E-state index in [1.54, 1.807) is 6.92 Å². The quantitative estimate of drug-likeness (QED) is 0.598. The molecule has 2 N–H and O–H groups in total. The molecule has 1 saturated heterocycles. The number of ether oxygens (including phenoxy) is 2. The highest BCUT2D eigenvalue weighted by molar-refractivity contribution is 4.89. The SMILES string of the molecule is COC(F)[C@H]1O[C@@H](C)C(O)C1O. The number of hydrogen-bond donors (Lipinski definition) is 2. The van der Waals surface area contributed by atoms with Crippen molar-refractivity contribution in [2.75, 3.05) is 7.11 Å². The fourth-order valence-electron chi connectivity index (χ4n) is 1.23. The average Bonchev–Trinajstić information content (AvgIpc) is 2.32. The van der Waals surface area contributed by atoms with Crippen LogP contribution in [0.3, 0.4) is 0 Å². The van der Waals surface area contributed by atoms with Gasteiger partial charge in [0.05, 0.1) is 6.10 Å². The smallest absolute Gasteiger partial charge is 0.227 e.